The number of hydrogen-bond donors (Lipinski definition) is 1. The van der Waals surface area contributed by atoms with Gasteiger partial charge in [0.25, 0.3) is 0 Å². The summed E-state index contributed by atoms with van der Waals surface area (Å²) in [6.07, 6.45) is 5.45. The second-order valence-electron chi connectivity index (χ2n) is 7.10. The summed E-state index contributed by atoms with van der Waals surface area (Å²) in [5, 5.41) is 4.46. The predicted molar refractivity (Wildman–Crippen MR) is 96.1 cm³/mol. The van der Waals surface area contributed by atoms with Crippen LogP contribution in [0.4, 0.5) is 5.82 Å². The van der Waals surface area contributed by atoms with Crippen LogP contribution < -0.4 is 10.6 Å². The fourth-order valence-corrected chi connectivity index (χ4v) is 3.50. The molecule has 1 saturated heterocycles. The van der Waals surface area contributed by atoms with Gasteiger partial charge in [-0.1, -0.05) is 6.07 Å². The number of nitrogens with zero attached hydrogens (tertiary/aromatic N) is 5. The Balaban J connectivity index is 1.47. The van der Waals surface area contributed by atoms with Gasteiger partial charge in [0.2, 0.25) is 5.91 Å². The molecular weight excluding hydrogens is 316 g/mol. The van der Waals surface area contributed by atoms with E-state index in [1.165, 1.54) is 0 Å². The summed E-state index contributed by atoms with van der Waals surface area (Å²) in [6.45, 7) is 4.13. The molecule has 132 valence electrons. The molecule has 7 heteroatoms. The lowest BCUT2D eigenvalue weighted by Crippen LogP contribution is -2.44. The molecular formula is C18H24N6O. The van der Waals surface area contributed by atoms with Crippen molar-refractivity contribution >= 4 is 11.7 Å². The fourth-order valence-electron chi connectivity index (χ4n) is 3.50. The third kappa shape index (κ3) is 3.24. The van der Waals surface area contributed by atoms with Crippen LogP contribution in [0.15, 0.2) is 30.6 Å². The molecule has 4 rings (SSSR count). The summed E-state index contributed by atoms with van der Waals surface area (Å²) in [6, 6.07) is 6.42. The lowest BCUT2D eigenvalue weighted by Gasteiger charge is -2.33. The topological polar surface area (TPSA) is 80.3 Å². The van der Waals surface area contributed by atoms with E-state index in [4.69, 9.17) is 10.7 Å². The zero-order valence-electron chi connectivity index (χ0n) is 14.5. The molecule has 3 heterocycles. The van der Waals surface area contributed by atoms with E-state index < -0.39 is 0 Å². The van der Waals surface area contributed by atoms with Crippen molar-refractivity contribution in [2.75, 3.05) is 38.1 Å². The van der Waals surface area contributed by atoms with Gasteiger partial charge in [0, 0.05) is 43.9 Å². The van der Waals surface area contributed by atoms with Crippen LogP contribution in [0, 0.1) is 5.92 Å². The molecule has 0 radical (unpaired) electrons. The Labute approximate surface area is 147 Å². The van der Waals surface area contributed by atoms with Crippen molar-refractivity contribution in [1.82, 2.24) is 19.7 Å². The molecule has 2 aromatic rings. The molecule has 0 unspecified atom stereocenters. The van der Waals surface area contributed by atoms with Gasteiger partial charge in [-0.05, 0) is 32.0 Å². The first-order valence-electron chi connectivity index (χ1n) is 8.84. The summed E-state index contributed by atoms with van der Waals surface area (Å²) in [5.41, 5.74) is 7.30. The van der Waals surface area contributed by atoms with E-state index >= 15 is 0 Å². The van der Waals surface area contributed by atoms with E-state index in [1.54, 1.807) is 0 Å². The van der Waals surface area contributed by atoms with Gasteiger partial charge in [-0.25, -0.2) is 4.98 Å². The number of primary amides is 1. The number of carbonyl (C=O) groups excluding carboxylic acids is 1. The number of pyridine rings is 1. The zero-order chi connectivity index (χ0) is 17.4. The van der Waals surface area contributed by atoms with E-state index in [2.05, 4.69) is 34.1 Å². The van der Waals surface area contributed by atoms with Crippen LogP contribution in [0.5, 0.6) is 0 Å². The molecule has 1 amide bonds. The van der Waals surface area contributed by atoms with E-state index in [1.807, 2.05) is 23.1 Å². The van der Waals surface area contributed by atoms with Crippen molar-refractivity contribution in [3.05, 3.63) is 30.6 Å². The van der Waals surface area contributed by atoms with Gasteiger partial charge >= 0.3 is 0 Å². The summed E-state index contributed by atoms with van der Waals surface area (Å²) in [5.74, 6) is 0.817. The lowest BCUT2D eigenvalue weighted by molar-refractivity contribution is -0.125. The first kappa shape index (κ1) is 16.1. The molecule has 2 aliphatic rings. The van der Waals surface area contributed by atoms with Crippen LogP contribution in [0.25, 0.3) is 11.3 Å². The number of aromatic nitrogens is 3. The van der Waals surface area contributed by atoms with Crippen LogP contribution >= 0.6 is 0 Å². The minimum Gasteiger partial charge on any atom is -0.369 e. The Morgan fingerprint density at radius 3 is 2.68 bits per heavy atom. The third-order valence-electron chi connectivity index (χ3n) is 5.35. The van der Waals surface area contributed by atoms with Crippen LogP contribution in [0.3, 0.4) is 0 Å². The average molecular weight is 340 g/mol. The highest BCUT2D eigenvalue weighted by molar-refractivity contribution is 5.77. The van der Waals surface area contributed by atoms with Gasteiger partial charge in [-0.15, -0.1) is 0 Å². The first-order chi connectivity index (χ1) is 12.1. The minimum absolute atomic E-state index is 0.00339. The monoisotopic (exact) mass is 340 g/mol. The molecule has 0 bridgehead atoms. The highest BCUT2D eigenvalue weighted by Gasteiger charge is 2.34. The number of rotatable bonds is 4. The molecule has 1 aliphatic heterocycles. The average Bonchev–Trinajstić information content (AvgIpc) is 3.03. The Hall–Kier alpha value is -2.41. The number of likely N-dealkylation sites (N-methyl/N-ethyl adjacent to an activating group) is 1. The molecule has 1 aliphatic carbocycles. The van der Waals surface area contributed by atoms with Crippen molar-refractivity contribution in [3.63, 3.8) is 0 Å². The Bertz CT molecular complexity index is 758. The van der Waals surface area contributed by atoms with Gasteiger partial charge in [0.15, 0.2) is 0 Å². The number of anilines is 1. The van der Waals surface area contributed by atoms with Crippen LogP contribution in [0.1, 0.15) is 18.9 Å². The SMILES string of the molecule is CN1CCN(c2cccc(-c3cnn(C4CC(C(N)=O)C4)c3)n2)CC1. The van der Waals surface area contributed by atoms with Crippen LogP contribution in [-0.4, -0.2) is 58.8 Å². The van der Waals surface area contributed by atoms with E-state index in [0.717, 1.165) is 56.1 Å². The fraction of sp³-hybridized carbons (Fsp3) is 0.500. The smallest absolute Gasteiger partial charge is 0.220 e. The molecule has 2 N–H and O–H groups in total. The standard InChI is InChI=1S/C18H24N6O/c1-22-5-7-23(8-6-22)17-4-2-3-16(21-17)14-11-20-24(12-14)15-9-13(10-15)18(19)25/h2-4,11-13,15H,5-10H2,1H3,(H2,19,25). The van der Waals surface area contributed by atoms with Crippen molar-refractivity contribution in [2.45, 2.75) is 18.9 Å². The van der Waals surface area contributed by atoms with E-state index in [9.17, 15) is 4.79 Å². The summed E-state index contributed by atoms with van der Waals surface area (Å²) in [4.78, 5) is 20.7. The van der Waals surface area contributed by atoms with E-state index in [0.29, 0.717) is 0 Å². The normalized spacial score (nSPS) is 24.1. The lowest BCUT2D eigenvalue weighted by atomic mass is 9.80. The molecule has 0 aromatic carbocycles. The maximum atomic E-state index is 11.2. The van der Waals surface area contributed by atoms with Crippen molar-refractivity contribution in [1.29, 1.82) is 0 Å². The quantitative estimate of drug-likeness (QED) is 0.902. The summed E-state index contributed by atoms with van der Waals surface area (Å²) >= 11 is 0. The van der Waals surface area contributed by atoms with Gasteiger partial charge in [-0.3, -0.25) is 9.48 Å². The van der Waals surface area contributed by atoms with Crippen LogP contribution in [0.2, 0.25) is 0 Å². The van der Waals surface area contributed by atoms with Gasteiger partial charge in [0.1, 0.15) is 5.82 Å². The van der Waals surface area contributed by atoms with E-state index in [-0.39, 0.29) is 17.9 Å². The minimum atomic E-state index is -0.204. The number of nitrogens with two attached hydrogens (primary N) is 1. The number of hydrogen-bond acceptors (Lipinski definition) is 5. The number of piperazine rings is 1. The maximum absolute atomic E-state index is 11.2. The Morgan fingerprint density at radius 1 is 1.20 bits per heavy atom. The molecule has 0 spiro atoms. The summed E-state index contributed by atoms with van der Waals surface area (Å²) < 4.78 is 1.94. The highest BCUT2D eigenvalue weighted by Crippen LogP contribution is 2.37. The Kier molecular flexibility index (Phi) is 4.17. The van der Waals surface area contributed by atoms with Gasteiger partial charge in [0.05, 0.1) is 17.9 Å². The number of carbonyl (C=O) groups is 1. The highest BCUT2D eigenvalue weighted by atomic mass is 16.1. The second kappa shape index (κ2) is 6.48. The zero-order valence-corrected chi connectivity index (χ0v) is 14.5. The molecule has 0 atom stereocenters. The third-order valence-corrected chi connectivity index (χ3v) is 5.35. The predicted octanol–water partition coefficient (Wildman–Crippen LogP) is 1.13. The molecule has 7 nitrogen and oxygen atoms in total. The number of amides is 1. The van der Waals surface area contributed by atoms with Crippen molar-refractivity contribution in [2.24, 2.45) is 11.7 Å². The molecule has 25 heavy (non-hydrogen) atoms. The second-order valence-corrected chi connectivity index (χ2v) is 7.10. The Morgan fingerprint density at radius 2 is 1.96 bits per heavy atom. The maximum Gasteiger partial charge on any atom is 0.220 e. The largest absolute Gasteiger partial charge is 0.369 e. The molecule has 2 aromatic heterocycles. The van der Waals surface area contributed by atoms with Crippen molar-refractivity contribution < 1.29 is 4.79 Å². The summed E-state index contributed by atoms with van der Waals surface area (Å²) in [7, 11) is 2.15. The van der Waals surface area contributed by atoms with Gasteiger partial charge in [-0.2, -0.15) is 5.10 Å². The molecule has 1 saturated carbocycles. The van der Waals surface area contributed by atoms with Crippen molar-refractivity contribution in [3.8, 4) is 11.3 Å². The first-order valence-corrected chi connectivity index (χ1v) is 8.84. The van der Waals surface area contributed by atoms with Gasteiger partial charge < -0.3 is 15.5 Å². The van der Waals surface area contributed by atoms with Crippen LogP contribution in [-0.2, 0) is 4.79 Å². The molecule has 2 fully saturated rings.